The molecule has 1 aromatic carbocycles. The molecule has 1 N–H and O–H groups in total. The first-order valence-electron chi connectivity index (χ1n) is 7.07. The fourth-order valence-corrected chi connectivity index (χ4v) is 2.52. The summed E-state index contributed by atoms with van der Waals surface area (Å²) in [4.78, 5) is 14.4. The van der Waals surface area contributed by atoms with Gasteiger partial charge in [-0.3, -0.25) is 0 Å². The number of hydrogen-bond donors (Lipinski definition) is 1. The highest BCUT2D eigenvalue weighted by Gasteiger charge is 2.33. The van der Waals surface area contributed by atoms with Crippen molar-refractivity contribution in [1.82, 2.24) is 9.47 Å². The number of carbonyl (C=O) groups excluding carboxylic acids is 1. The number of benzene rings is 1. The Bertz CT molecular complexity index is 648. The number of nitrogens with zero attached hydrogens (tertiary/aromatic N) is 2. The molecule has 1 heterocycles. The number of aryl methyl sites for hydroxylation is 1. The van der Waals surface area contributed by atoms with Gasteiger partial charge in [0.1, 0.15) is 0 Å². The number of anilines is 1. The number of aromatic nitrogens is 1. The van der Waals surface area contributed by atoms with Crippen LogP contribution >= 0.6 is 11.6 Å². The van der Waals surface area contributed by atoms with Crippen molar-refractivity contribution >= 4 is 23.3 Å². The molecule has 0 saturated heterocycles. The predicted molar refractivity (Wildman–Crippen MR) is 84.4 cm³/mol. The first-order chi connectivity index (χ1) is 10.1. The molecule has 0 radical (unpaired) electrons. The molecule has 5 heteroatoms. The molecule has 1 fully saturated rings. The third-order valence-corrected chi connectivity index (χ3v) is 4.08. The molecule has 0 unspecified atom stereocenters. The standard InChI is InChI=1S/C16H18ClN3O/c1-19-10-4-5-13(19)11-20(12-8-9-12)16(21)18-15-7-3-2-6-14(15)17/h2-7,10,12H,8-9,11H2,1H3,(H,18,21). The fourth-order valence-electron chi connectivity index (χ4n) is 2.34. The molecule has 0 atom stereocenters. The SMILES string of the molecule is Cn1cccc1CN(C(=O)Nc1ccccc1Cl)C1CC1. The van der Waals surface area contributed by atoms with Crippen LogP contribution in [0.5, 0.6) is 0 Å². The zero-order valence-corrected chi connectivity index (χ0v) is 12.7. The van der Waals surface area contributed by atoms with Crippen LogP contribution in [0.15, 0.2) is 42.6 Å². The lowest BCUT2D eigenvalue weighted by Gasteiger charge is -2.23. The first-order valence-corrected chi connectivity index (χ1v) is 7.45. The van der Waals surface area contributed by atoms with Crippen molar-refractivity contribution in [3.63, 3.8) is 0 Å². The highest BCUT2D eigenvalue weighted by atomic mass is 35.5. The van der Waals surface area contributed by atoms with E-state index in [1.54, 1.807) is 6.07 Å². The Balaban J connectivity index is 1.74. The van der Waals surface area contributed by atoms with Gasteiger partial charge < -0.3 is 14.8 Å². The van der Waals surface area contributed by atoms with E-state index >= 15 is 0 Å². The summed E-state index contributed by atoms with van der Waals surface area (Å²) < 4.78 is 2.04. The average Bonchev–Trinajstić information content (AvgIpc) is 3.22. The van der Waals surface area contributed by atoms with Crippen molar-refractivity contribution in [3.8, 4) is 0 Å². The van der Waals surface area contributed by atoms with E-state index in [4.69, 9.17) is 11.6 Å². The van der Waals surface area contributed by atoms with Gasteiger partial charge in [-0.15, -0.1) is 0 Å². The molecule has 21 heavy (non-hydrogen) atoms. The Labute approximate surface area is 129 Å². The third-order valence-electron chi connectivity index (χ3n) is 3.75. The zero-order chi connectivity index (χ0) is 14.8. The highest BCUT2D eigenvalue weighted by Crippen LogP contribution is 2.30. The summed E-state index contributed by atoms with van der Waals surface area (Å²) in [6, 6.07) is 11.6. The number of urea groups is 1. The Morgan fingerprint density at radius 2 is 2.10 bits per heavy atom. The number of para-hydroxylation sites is 1. The normalized spacial score (nSPS) is 14.0. The summed E-state index contributed by atoms with van der Waals surface area (Å²) >= 11 is 6.10. The maximum Gasteiger partial charge on any atom is 0.322 e. The van der Waals surface area contributed by atoms with Gasteiger partial charge in [-0.05, 0) is 37.1 Å². The maximum absolute atomic E-state index is 12.5. The van der Waals surface area contributed by atoms with Crippen molar-refractivity contribution in [3.05, 3.63) is 53.3 Å². The lowest BCUT2D eigenvalue weighted by atomic mass is 10.3. The van der Waals surface area contributed by atoms with E-state index < -0.39 is 0 Å². The van der Waals surface area contributed by atoms with Gasteiger partial charge in [0.15, 0.2) is 0 Å². The summed E-state index contributed by atoms with van der Waals surface area (Å²) in [7, 11) is 1.99. The van der Waals surface area contributed by atoms with Crippen LogP contribution in [0.2, 0.25) is 5.02 Å². The molecule has 1 aliphatic carbocycles. The fraction of sp³-hybridized carbons (Fsp3) is 0.312. The monoisotopic (exact) mass is 303 g/mol. The predicted octanol–water partition coefficient (Wildman–Crippen LogP) is 3.88. The number of amides is 2. The largest absolute Gasteiger partial charge is 0.353 e. The molecule has 0 spiro atoms. The minimum Gasteiger partial charge on any atom is -0.353 e. The van der Waals surface area contributed by atoms with Crippen LogP contribution in [0.1, 0.15) is 18.5 Å². The summed E-state index contributed by atoms with van der Waals surface area (Å²) in [6.07, 6.45) is 4.13. The molecule has 110 valence electrons. The molecule has 4 nitrogen and oxygen atoms in total. The van der Waals surface area contributed by atoms with Crippen LogP contribution < -0.4 is 5.32 Å². The van der Waals surface area contributed by atoms with Gasteiger partial charge in [0.25, 0.3) is 0 Å². The van der Waals surface area contributed by atoms with Crippen LogP contribution in [-0.4, -0.2) is 21.5 Å². The van der Waals surface area contributed by atoms with Crippen molar-refractivity contribution in [1.29, 1.82) is 0 Å². The van der Waals surface area contributed by atoms with Gasteiger partial charge in [0.05, 0.1) is 17.3 Å². The second kappa shape index (κ2) is 5.82. The smallest absolute Gasteiger partial charge is 0.322 e. The van der Waals surface area contributed by atoms with E-state index in [0.29, 0.717) is 23.3 Å². The van der Waals surface area contributed by atoms with E-state index in [1.807, 2.05) is 53.0 Å². The number of carbonyl (C=O) groups is 1. The van der Waals surface area contributed by atoms with Crippen LogP contribution in [0.4, 0.5) is 10.5 Å². The van der Waals surface area contributed by atoms with E-state index in [2.05, 4.69) is 5.32 Å². The molecule has 1 aliphatic rings. The van der Waals surface area contributed by atoms with Gasteiger partial charge in [0, 0.05) is 25.0 Å². The average molecular weight is 304 g/mol. The Morgan fingerprint density at radius 1 is 1.33 bits per heavy atom. The van der Waals surface area contributed by atoms with Crippen molar-refractivity contribution < 1.29 is 4.79 Å². The minimum absolute atomic E-state index is 0.0909. The molecule has 3 rings (SSSR count). The summed E-state index contributed by atoms with van der Waals surface area (Å²) in [5.74, 6) is 0. The molecule has 1 aromatic heterocycles. The van der Waals surface area contributed by atoms with Crippen molar-refractivity contribution in [2.45, 2.75) is 25.4 Å². The van der Waals surface area contributed by atoms with Gasteiger partial charge in [0.2, 0.25) is 0 Å². The van der Waals surface area contributed by atoms with Crippen LogP contribution in [0, 0.1) is 0 Å². The number of hydrogen-bond acceptors (Lipinski definition) is 1. The zero-order valence-electron chi connectivity index (χ0n) is 11.9. The van der Waals surface area contributed by atoms with E-state index in [1.165, 1.54) is 0 Å². The van der Waals surface area contributed by atoms with Gasteiger partial charge in [-0.1, -0.05) is 23.7 Å². The van der Waals surface area contributed by atoms with Gasteiger partial charge in [-0.2, -0.15) is 0 Å². The van der Waals surface area contributed by atoms with Gasteiger partial charge in [-0.25, -0.2) is 4.79 Å². The molecule has 1 saturated carbocycles. The number of nitrogens with one attached hydrogen (secondary N) is 1. The van der Waals surface area contributed by atoms with E-state index in [-0.39, 0.29) is 6.03 Å². The molecule has 0 bridgehead atoms. The highest BCUT2D eigenvalue weighted by molar-refractivity contribution is 6.33. The van der Waals surface area contributed by atoms with Crippen molar-refractivity contribution in [2.24, 2.45) is 7.05 Å². The Kier molecular flexibility index (Phi) is 3.88. The lowest BCUT2D eigenvalue weighted by molar-refractivity contribution is 0.205. The number of halogens is 1. The maximum atomic E-state index is 12.5. The van der Waals surface area contributed by atoms with Gasteiger partial charge >= 0.3 is 6.03 Å². The quantitative estimate of drug-likeness (QED) is 0.914. The molecule has 0 aliphatic heterocycles. The topological polar surface area (TPSA) is 37.3 Å². The second-order valence-electron chi connectivity index (χ2n) is 5.38. The molecular formula is C16H18ClN3O. The van der Waals surface area contributed by atoms with E-state index in [9.17, 15) is 4.79 Å². The van der Waals surface area contributed by atoms with E-state index in [0.717, 1.165) is 18.5 Å². The minimum atomic E-state index is -0.0909. The summed E-state index contributed by atoms with van der Waals surface area (Å²) in [5.41, 5.74) is 1.78. The van der Waals surface area contributed by atoms with Crippen LogP contribution in [0.3, 0.4) is 0 Å². The Hall–Kier alpha value is -1.94. The molecule has 2 aromatic rings. The second-order valence-corrected chi connectivity index (χ2v) is 5.79. The summed E-state index contributed by atoms with van der Waals surface area (Å²) in [5, 5.41) is 3.47. The third kappa shape index (κ3) is 3.22. The van der Waals surface area contributed by atoms with Crippen molar-refractivity contribution in [2.75, 3.05) is 5.32 Å². The molecule has 2 amide bonds. The molecular weight excluding hydrogens is 286 g/mol. The van der Waals surface area contributed by atoms with Crippen LogP contribution in [0.25, 0.3) is 0 Å². The first kappa shape index (κ1) is 14.0. The number of rotatable bonds is 4. The Morgan fingerprint density at radius 3 is 2.71 bits per heavy atom. The summed E-state index contributed by atoms with van der Waals surface area (Å²) in [6.45, 7) is 0.616. The van der Waals surface area contributed by atoms with Crippen LogP contribution in [-0.2, 0) is 13.6 Å². The lowest BCUT2D eigenvalue weighted by Crippen LogP contribution is -2.36.